The molecule has 10 aromatic carbocycles. The zero-order valence-corrected chi connectivity index (χ0v) is 43.7. The van der Waals surface area contributed by atoms with Crippen LogP contribution in [-0.2, 0) is 22.7 Å². The van der Waals surface area contributed by atoms with Crippen molar-refractivity contribution in [1.29, 1.82) is 0 Å². The summed E-state index contributed by atoms with van der Waals surface area (Å²) in [5, 5.41) is 2.62. The van der Waals surface area contributed by atoms with Gasteiger partial charge in [-0.1, -0.05) is 207 Å². The molecule has 0 aliphatic heterocycles. The minimum atomic E-state index is -0.0927. The molecule has 2 heteroatoms. The highest BCUT2D eigenvalue weighted by Crippen LogP contribution is 2.51. The Morgan fingerprint density at radius 2 is 0.740 bits per heavy atom. The van der Waals surface area contributed by atoms with Gasteiger partial charge in [0, 0.05) is 34.1 Å². The van der Waals surface area contributed by atoms with E-state index in [2.05, 4.69) is 296 Å². The van der Waals surface area contributed by atoms with E-state index in [1.807, 2.05) is 0 Å². The SMILES string of the molecule is CC(C)(C)c1cccc(N(c2cc(-c3ccccc3)cc(-c3ccccc3)c2)c2cc3c4c(c(N(c5cc(-c6ccccc6)cc(-c6ccccc6)c5)c5cccc(C(C)(C)C)c5)ccc4c2)CCC3(C)C)c1. The molecule has 0 spiro atoms. The van der Waals surface area contributed by atoms with Gasteiger partial charge in [0.05, 0.1) is 0 Å². The fraction of sp³-hybridized carbons (Fsp3) is 0.183. The van der Waals surface area contributed by atoms with Crippen molar-refractivity contribution in [3.8, 4) is 44.5 Å². The third-order valence-electron chi connectivity index (χ3n) is 15.1. The van der Waals surface area contributed by atoms with E-state index in [4.69, 9.17) is 0 Å². The lowest BCUT2D eigenvalue weighted by Gasteiger charge is -2.38. The summed E-state index contributed by atoms with van der Waals surface area (Å²) in [6.07, 6.45) is 1.98. The summed E-state index contributed by atoms with van der Waals surface area (Å²) in [4.78, 5) is 5.08. The number of hydrogen-bond donors (Lipinski definition) is 0. The van der Waals surface area contributed by atoms with Gasteiger partial charge >= 0.3 is 0 Å². The average molecular weight is 947 g/mol. The lowest BCUT2D eigenvalue weighted by molar-refractivity contribution is 0.475. The van der Waals surface area contributed by atoms with Gasteiger partial charge < -0.3 is 9.80 Å². The number of anilines is 6. The molecule has 0 radical (unpaired) electrons. The molecule has 2 nitrogen and oxygen atoms in total. The van der Waals surface area contributed by atoms with Gasteiger partial charge in [0.15, 0.2) is 0 Å². The van der Waals surface area contributed by atoms with Crippen LogP contribution in [0.2, 0.25) is 0 Å². The number of nitrogens with zero attached hydrogens (tertiary/aromatic N) is 2. The second kappa shape index (κ2) is 18.9. The molecule has 0 atom stereocenters. The number of rotatable bonds is 10. The number of benzene rings is 10. The first-order chi connectivity index (χ1) is 35.2. The summed E-state index contributed by atoms with van der Waals surface area (Å²) in [5.74, 6) is 0. The Morgan fingerprint density at radius 3 is 1.16 bits per heavy atom. The molecule has 73 heavy (non-hydrogen) atoms. The second-order valence-electron chi connectivity index (χ2n) is 22.8. The molecule has 360 valence electrons. The van der Waals surface area contributed by atoms with Crippen LogP contribution in [0.25, 0.3) is 55.3 Å². The van der Waals surface area contributed by atoms with Gasteiger partial charge in [-0.3, -0.25) is 0 Å². The molecule has 0 unspecified atom stereocenters. The lowest BCUT2D eigenvalue weighted by atomic mass is 9.71. The van der Waals surface area contributed by atoms with Crippen molar-refractivity contribution >= 4 is 44.9 Å². The van der Waals surface area contributed by atoms with Gasteiger partial charge in [0.2, 0.25) is 0 Å². The highest BCUT2D eigenvalue weighted by molar-refractivity contribution is 6.01. The molecular formula is C71H66N2. The predicted octanol–water partition coefficient (Wildman–Crippen LogP) is 20.3. The van der Waals surface area contributed by atoms with Gasteiger partial charge in [-0.05, 0) is 185 Å². The quantitative estimate of drug-likeness (QED) is 0.135. The largest absolute Gasteiger partial charge is 0.310 e. The predicted molar refractivity (Wildman–Crippen MR) is 314 cm³/mol. The fourth-order valence-corrected chi connectivity index (χ4v) is 11.0. The molecule has 11 rings (SSSR count). The summed E-state index contributed by atoms with van der Waals surface area (Å²) in [6, 6.07) is 85.9. The van der Waals surface area contributed by atoms with Gasteiger partial charge in [-0.15, -0.1) is 0 Å². The topological polar surface area (TPSA) is 6.48 Å². The van der Waals surface area contributed by atoms with E-state index < -0.39 is 0 Å². The Kier molecular flexibility index (Phi) is 12.3. The summed E-state index contributed by atoms with van der Waals surface area (Å²) in [7, 11) is 0. The van der Waals surface area contributed by atoms with Crippen molar-refractivity contribution in [3.63, 3.8) is 0 Å². The van der Waals surface area contributed by atoms with E-state index in [0.29, 0.717) is 0 Å². The summed E-state index contributed by atoms with van der Waals surface area (Å²) < 4.78 is 0. The Morgan fingerprint density at radius 1 is 0.342 bits per heavy atom. The minimum absolute atomic E-state index is 0.0330. The molecule has 1 aliphatic carbocycles. The van der Waals surface area contributed by atoms with Crippen LogP contribution >= 0.6 is 0 Å². The smallest absolute Gasteiger partial charge is 0.0500 e. The number of hydrogen-bond acceptors (Lipinski definition) is 2. The normalized spacial score (nSPS) is 13.2. The van der Waals surface area contributed by atoms with Crippen LogP contribution in [0.3, 0.4) is 0 Å². The fourth-order valence-electron chi connectivity index (χ4n) is 11.0. The molecule has 0 heterocycles. The molecular weight excluding hydrogens is 881 g/mol. The molecule has 0 bridgehead atoms. The highest BCUT2D eigenvalue weighted by Gasteiger charge is 2.33. The molecule has 0 amide bonds. The van der Waals surface area contributed by atoms with Gasteiger partial charge in [-0.2, -0.15) is 0 Å². The molecule has 0 saturated carbocycles. The van der Waals surface area contributed by atoms with Crippen LogP contribution in [0.15, 0.2) is 231 Å². The standard InChI is InChI=1S/C71H66N2/c1-69(2,3)58-31-21-33-60(46-58)72(62-42-54(49-23-13-9-14-24-49)39-55(43-62)50-25-15-10-16-26-50)64-41-53-35-36-67(65-37-38-71(7,8)66(48-64)68(53)65)73(61-34-22-32-59(47-61)70(4,5)6)63-44-56(51-27-17-11-18-28-51)40-57(45-63)52-29-19-12-20-30-52/h9-36,39-48H,37-38H2,1-8H3. The zero-order valence-electron chi connectivity index (χ0n) is 43.7. The van der Waals surface area contributed by atoms with Crippen molar-refractivity contribution in [3.05, 3.63) is 253 Å². The summed E-state index contributed by atoms with van der Waals surface area (Å²) in [5.41, 5.74) is 21.7. The average Bonchev–Trinajstić information content (AvgIpc) is 3.41. The molecule has 0 aromatic heterocycles. The molecule has 0 saturated heterocycles. The van der Waals surface area contributed by atoms with Crippen LogP contribution < -0.4 is 9.80 Å². The van der Waals surface area contributed by atoms with Gasteiger partial charge in [0.1, 0.15) is 0 Å². The molecule has 0 N–H and O–H groups in total. The van der Waals surface area contributed by atoms with E-state index >= 15 is 0 Å². The van der Waals surface area contributed by atoms with Gasteiger partial charge in [0.25, 0.3) is 0 Å². The molecule has 1 aliphatic rings. The maximum Gasteiger partial charge on any atom is 0.0500 e. The van der Waals surface area contributed by atoms with E-state index in [-0.39, 0.29) is 16.2 Å². The first-order valence-electron chi connectivity index (χ1n) is 26.1. The highest BCUT2D eigenvalue weighted by atomic mass is 15.2. The van der Waals surface area contributed by atoms with Crippen molar-refractivity contribution < 1.29 is 0 Å². The Balaban J connectivity index is 1.17. The lowest BCUT2D eigenvalue weighted by Crippen LogP contribution is -2.25. The monoisotopic (exact) mass is 947 g/mol. The second-order valence-corrected chi connectivity index (χ2v) is 22.8. The van der Waals surface area contributed by atoms with E-state index in [1.54, 1.807) is 0 Å². The van der Waals surface area contributed by atoms with E-state index in [1.165, 1.54) is 83.2 Å². The van der Waals surface area contributed by atoms with Crippen LogP contribution in [0, 0.1) is 0 Å². The minimum Gasteiger partial charge on any atom is -0.310 e. The van der Waals surface area contributed by atoms with Crippen molar-refractivity contribution in [2.24, 2.45) is 0 Å². The number of aryl methyl sites for hydroxylation is 1. The van der Waals surface area contributed by atoms with Crippen molar-refractivity contribution in [2.45, 2.75) is 84.5 Å². The first kappa shape index (κ1) is 47.4. The third-order valence-corrected chi connectivity index (χ3v) is 15.1. The summed E-state index contributed by atoms with van der Waals surface area (Å²) in [6.45, 7) is 18.8. The van der Waals surface area contributed by atoms with Crippen molar-refractivity contribution in [1.82, 2.24) is 0 Å². The Bertz CT molecular complexity index is 3480. The Hall–Kier alpha value is -7.94. The molecule has 0 fully saturated rings. The van der Waals surface area contributed by atoms with Crippen LogP contribution in [0.5, 0.6) is 0 Å². The summed E-state index contributed by atoms with van der Waals surface area (Å²) >= 11 is 0. The maximum atomic E-state index is 2.56. The maximum absolute atomic E-state index is 2.56. The van der Waals surface area contributed by atoms with Crippen LogP contribution in [0.4, 0.5) is 34.1 Å². The molecule has 10 aromatic rings. The van der Waals surface area contributed by atoms with Crippen molar-refractivity contribution in [2.75, 3.05) is 9.80 Å². The zero-order chi connectivity index (χ0) is 50.5. The van der Waals surface area contributed by atoms with Gasteiger partial charge in [-0.25, -0.2) is 0 Å². The first-order valence-corrected chi connectivity index (χ1v) is 26.1. The van der Waals surface area contributed by atoms with Crippen LogP contribution in [0.1, 0.15) is 84.1 Å². The van der Waals surface area contributed by atoms with E-state index in [9.17, 15) is 0 Å². The Labute approximate surface area is 434 Å². The van der Waals surface area contributed by atoms with E-state index in [0.717, 1.165) is 41.3 Å². The van der Waals surface area contributed by atoms with Crippen LogP contribution in [-0.4, -0.2) is 0 Å². The third kappa shape index (κ3) is 9.51.